The molecule has 4 rings (SSSR count). The highest BCUT2D eigenvalue weighted by Crippen LogP contribution is 2.38. The van der Waals surface area contributed by atoms with E-state index in [0.717, 1.165) is 16.5 Å². The van der Waals surface area contributed by atoms with E-state index in [4.69, 9.17) is 4.74 Å². The molecule has 2 heterocycles. The topological polar surface area (TPSA) is 61.9 Å². The number of methoxy groups -OCH3 is 1. The average Bonchev–Trinajstić information content (AvgIpc) is 3.03. The molecule has 2 aliphatic rings. The summed E-state index contributed by atoms with van der Waals surface area (Å²) in [6.45, 7) is 1.25. The van der Waals surface area contributed by atoms with Gasteiger partial charge in [0.15, 0.2) is 0 Å². The fourth-order valence-electron chi connectivity index (χ4n) is 5.12. The number of urea groups is 1. The molecule has 3 amide bonds. The zero-order valence-electron chi connectivity index (χ0n) is 19.2. The van der Waals surface area contributed by atoms with Gasteiger partial charge in [-0.25, -0.2) is 4.79 Å². The number of likely N-dealkylation sites (N-methyl/N-ethyl adjacent to an activating group) is 1. The van der Waals surface area contributed by atoms with Crippen LogP contribution in [0.5, 0.6) is 5.75 Å². The first-order valence-corrected chi connectivity index (χ1v) is 11.2. The summed E-state index contributed by atoms with van der Waals surface area (Å²) in [6.07, 6.45) is -2.92. The molecule has 0 saturated carbocycles. The standard InChI is InChI=1S/C25H28F3N3O3/c1-30-22(32)24(29-23(30)33,15-17-6-5-8-20(14-17)34-2)19-10-12-31(13-11-19)16-18-7-3-4-9-21(18)25(26,27)28/h3-9,14,19H,10-13,15-16H2,1-2H3,(H,29,33)/t24-/m0/s1. The number of rotatable bonds is 6. The van der Waals surface area contributed by atoms with E-state index in [1.807, 2.05) is 29.2 Å². The summed E-state index contributed by atoms with van der Waals surface area (Å²) in [5.41, 5.74) is -0.602. The van der Waals surface area contributed by atoms with Gasteiger partial charge in [-0.1, -0.05) is 30.3 Å². The third-order valence-corrected chi connectivity index (χ3v) is 6.94. The van der Waals surface area contributed by atoms with Gasteiger partial charge in [0, 0.05) is 20.0 Å². The molecule has 0 aromatic heterocycles. The van der Waals surface area contributed by atoms with Crippen molar-refractivity contribution in [2.24, 2.45) is 5.92 Å². The lowest BCUT2D eigenvalue weighted by Crippen LogP contribution is -2.57. The van der Waals surface area contributed by atoms with Crippen molar-refractivity contribution >= 4 is 11.9 Å². The summed E-state index contributed by atoms with van der Waals surface area (Å²) < 4.78 is 45.5. The minimum Gasteiger partial charge on any atom is -0.497 e. The van der Waals surface area contributed by atoms with Gasteiger partial charge in [-0.15, -0.1) is 0 Å². The lowest BCUT2D eigenvalue weighted by Gasteiger charge is -2.41. The number of imide groups is 1. The van der Waals surface area contributed by atoms with Crippen molar-refractivity contribution in [2.45, 2.75) is 37.5 Å². The summed E-state index contributed by atoms with van der Waals surface area (Å²) in [5, 5.41) is 2.95. The molecule has 2 aromatic carbocycles. The van der Waals surface area contributed by atoms with E-state index in [-0.39, 0.29) is 23.9 Å². The predicted octanol–water partition coefficient (Wildman–Crippen LogP) is 4.09. The van der Waals surface area contributed by atoms with Crippen LogP contribution in [0, 0.1) is 5.92 Å². The van der Waals surface area contributed by atoms with Crippen molar-refractivity contribution in [3.05, 3.63) is 65.2 Å². The van der Waals surface area contributed by atoms with Crippen LogP contribution in [0.2, 0.25) is 0 Å². The lowest BCUT2D eigenvalue weighted by molar-refractivity contribution is -0.138. The number of hydrogen-bond donors (Lipinski definition) is 1. The second-order valence-corrected chi connectivity index (χ2v) is 9.00. The smallest absolute Gasteiger partial charge is 0.416 e. The van der Waals surface area contributed by atoms with Gasteiger partial charge >= 0.3 is 12.2 Å². The Morgan fingerprint density at radius 3 is 2.41 bits per heavy atom. The van der Waals surface area contributed by atoms with E-state index >= 15 is 0 Å². The van der Waals surface area contributed by atoms with Crippen LogP contribution >= 0.6 is 0 Å². The van der Waals surface area contributed by atoms with Crippen LogP contribution in [0.3, 0.4) is 0 Å². The number of alkyl halides is 3. The highest BCUT2D eigenvalue weighted by Gasteiger charge is 2.54. The van der Waals surface area contributed by atoms with Crippen molar-refractivity contribution in [1.82, 2.24) is 15.1 Å². The molecule has 1 atom stereocenters. The van der Waals surface area contributed by atoms with E-state index < -0.39 is 23.3 Å². The van der Waals surface area contributed by atoms with Crippen molar-refractivity contribution in [2.75, 3.05) is 27.2 Å². The Kier molecular flexibility index (Phi) is 6.58. The molecule has 0 bridgehead atoms. The van der Waals surface area contributed by atoms with Gasteiger partial charge in [0.2, 0.25) is 0 Å². The number of carbonyl (C=O) groups excluding carboxylic acids is 2. The highest BCUT2D eigenvalue weighted by atomic mass is 19.4. The lowest BCUT2D eigenvalue weighted by atomic mass is 9.74. The first kappa shape index (κ1) is 24.1. The van der Waals surface area contributed by atoms with E-state index in [1.54, 1.807) is 13.2 Å². The first-order valence-electron chi connectivity index (χ1n) is 11.2. The monoisotopic (exact) mass is 475 g/mol. The number of halogens is 3. The van der Waals surface area contributed by atoms with E-state index in [2.05, 4.69) is 5.32 Å². The van der Waals surface area contributed by atoms with Crippen LogP contribution in [0.4, 0.5) is 18.0 Å². The number of hydrogen-bond acceptors (Lipinski definition) is 4. The molecule has 2 aliphatic heterocycles. The minimum absolute atomic E-state index is 0.144. The van der Waals surface area contributed by atoms with Gasteiger partial charge in [0.1, 0.15) is 11.3 Å². The van der Waals surface area contributed by atoms with Crippen LogP contribution in [-0.4, -0.2) is 54.5 Å². The van der Waals surface area contributed by atoms with Gasteiger partial charge in [0.05, 0.1) is 12.7 Å². The van der Waals surface area contributed by atoms with Crippen LogP contribution in [0.15, 0.2) is 48.5 Å². The van der Waals surface area contributed by atoms with Crippen molar-refractivity contribution in [1.29, 1.82) is 0 Å². The number of benzene rings is 2. The Balaban J connectivity index is 1.52. The molecule has 34 heavy (non-hydrogen) atoms. The SMILES string of the molecule is COc1cccc(C[C@@]2(C3CCN(Cc4ccccc4C(F)(F)F)CC3)NC(=O)N(C)C2=O)c1. The van der Waals surface area contributed by atoms with Gasteiger partial charge in [-0.05, 0) is 61.2 Å². The van der Waals surface area contributed by atoms with Gasteiger partial charge in [-0.2, -0.15) is 13.2 Å². The molecule has 2 saturated heterocycles. The maximum Gasteiger partial charge on any atom is 0.416 e. The number of carbonyl (C=O) groups is 2. The Morgan fingerprint density at radius 2 is 1.79 bits per heavy atom. The van der Waals surface area contributed by atoms with Crippen molar-refractivity contribution < 1.29 is 27.5 Å². The number of ether oxygens (including phenoxy) is 1. The molecule has 0 unspecified atom stereocenters. The Bertz CT molecular complexity index is 1070. The molecule has 1 N–H and O–H groups in total. The molecule has 2 aromatic rings. The quantitative estimate of drug-likeness (QED) is 0.640. The highest BCUT2D eigenvalue weighted by molar-refractivity contribution is 6.07. The van der Waals surface area contributed by atoms with Gasteiger partial charge in [-0.3, -0.25) is 14.6 Å². The molecule has 0 spiro atoms. The number of piperidine rings is 1. The van der Waals surface area contributed by atoms with Crippen LogP contribution in [-0.2, 0) is 23.9 Å². The summed E-state index contributed by atoms with van der Waals surface area (Å²) >= 11 is 0. The van der Waals surface area contributed by atoms with Crippen molar-refractivity contribution in [3.63, 3.8) is 0 Å². The van der Waals surface area contributed by atoms with E-state index in [9.17, 15) is 22.8 Å². The van der Waals surface area contributed by atoms with E-state index in [1.165, 1.54) is 19.2 Å². The number of nitrogens with zero attached hydrogens (tertiary/aromatic N) is 2. The molecule has 2 fully saturated rings. The zero-order chi connectivity index (χ0) is 24.5. The molecule has 0 aliphatic carbocycles. The Hall–Kier alpha value is -3.07. The summed E-state index contributed by atoms with van der Waals surface area (Å²) in [6, 6.07) is 12.6. The van der Waals surface area contributed by atoms with Crippen LogP contribution < -0.4 is 10.1 Å². The summed E-state index contributed by atoms with van der Waals surface area (Å²) in [5.74, 6) is 0.242. The van der Waals surface area contributed by atoms with Gasteiger partial charge in [0.25, 0.3) is 5.91 Å². The van der Waals surface area contributed by atoms with Crippen LogP contribution in [0.1, 0.15) is 29.5 Å². The first-order chi connectivity index (χ1) is 16.1. The maximum absolute atomic E-state index is 13.4. The molecule has 9 heteroatoms. The molecular weight excluding hydrogens is 447 g/mol. The second-order valence-electron chi connectivity index (χ2n) is 9.00. The minimum atomic E-state index is -4.40. The van der Waals surface area contributed by atoms with Crippen LogP contribution in [0.25, 0.3) is 0 Å². The largest absolute Gasteiger partial charge is 0.497 e. The zero-order valence-corrected chi connectivity index (χ0v) is 19.2. The normalized spacial score (nSPS) is 22.2. The van der Waals surface area contributed by atoms with Gasteiger partial charge < -0.3 is 10.1 Å². The third-order valence-electron chi connectivity index (χ3n) is 6.94. The number of amides is 3. The van der Waals surface area contributed by atoms with Crippen molar-refractivity contribution in [3.8, 4) is 5.75 Å². The number of likely N-dealkylation sites (tertiary alicyclic amines) is 1. The second kappa shape index (κ2) is 9.29. The van der Waals surface area contributed by atoms with E-state index in [0.29, 0.717) is 38.1 Å². The molecular formula is C25H28F3N3O3. The summed E-state index contributed by atoms with van der Waals surface area (Å²) in [7, 11) is 3.03. The fourth-order valence-corrected chi connectivity index (χ4v) is 5.12. The fraction of sp³-hybridized carbons (Fsp3) is 0.440. The summed E-state index contributed by atoms with van der Waals surface area (Å²) in [4.78, 5) is 28.8. The third kappa shape index (κ3) is 4.61. The Labute approximate surface area is 196 Å². The predicted molar refractivity (Wildman–Crippen MR) is 120 cm³/mol. The Morgan fingerprint density at radius 1 is 1.09 bits per heavy atom. The number of nitrogens with one attached hydrogen (secondary N) is 1. The molecule has 6 nitrogen and oxygen atoms in total. The maximum atomic E-state index is 13.4. The molecule has 182 valence electrons. The molecule has 0 radical (unpaired) electrons. The average molecular weight is 476 g/mol.